The Kier molecular flexibility index (Phi) is 8.89. The van der Waals surface area contributed by atoms with Gasteiger partial charge >= 0.3 is 5.97 Å². The Balaban J connectivity index is 2.00. The zero-order valence-electron chi connectivity index (χ0n) is 21.8. The van der Waals surface area contributed by atoms with Crippen LogP contribution in [0.5, 0.6) is 5.75 Å². The molecule has 0 radical (unpaired) electrons. The Morgan fingerprint density at radius 2 is 1.31 bits per heavy atom. The molecule has 0 aliphatic rings. The van der Waals surface area contributed by atoms with Crippen LogP contribution < -0.4 is 4.74 Å². The highest BCUT2D eigenvalue weighted by Gasteiger charge is 2.19. The van der Waals surface area contributed by atoms with Crippen LogP contribution in [-0.4, -0.2) is 43.7 Å². The monoisotopic (exact) mass is 471 g/mol. The minimum absolute atomic E-state index is 0.312. The van der Waals surface area contributed by atoms with Gasteiger partial charge in [-0.25, -0.2) is 4.79 Å². The van der Waals surface area contributed by atoms with Crippen molar-refractivity contribution in [3.05, 3.63) is 101 Å². The molecule has 0 aliphatic carbocycles. The predicted octanol–water partition coefficient (Wildman–Crippen LogP) is 6.95. The lowest BCUT2D eigenvalue weighted by Gasteiger charge is -2.20. The summed E-state index contributed by atoms with van der Waals surface area (Å²) in [5, 5.41) is 0. The van der Waals surface area contributed by atoms with Gasteiger partial charge in [0.2, 0.25) is 0 Å². The lowest BCUT2D eigenvalue weighted by molar-refractivity contribution is 0.00695. The predicted molar refractivity (Wildman–Crippen MR) is 145 cm³/mol. The summed E-state index contributed by atoms with van der Waals surface area (Å²) >= 11 is 0. The largest absolute Gasteiger partial charge is 0.492 e. The number of benzene rings is 3. The van der Waals surface area contributed by atoms with Crippen molar-refractivity contribution in [3.63, 3.8) is 0 Å². The van der Waals surface area contributed by atoms with E-state index in [-0.39, 0.29) is 5.97 Å². The van der Waals surface area contributed by atoms with E-state index in [2.05, 4.69) is 48.2 Å². The third-order valence-corrected chi connectivity index (χ3v) is 5.54. The molecule has 35 heavy (non-hydrogen) atoms. The number of rotatable bonds is 9. The molecule has 0 heterocycles. The first-order chi connectivity index (χ1) is 16.7. The lowest BCUT2D eigenvalue weighted by Crippen LogP contribution is -2.23. The van der Waals surface area contributed by atoms with Crippen LogP contribution >= 0.6 is 0 Å². The number of likely N-dealkylation sites (N-methyl/N-ethyl adjacent to an activating group) is 1. The van der Waals surface area contributed by atoms with Crippen molar-refractivity contribution in [1.29, 1.82) is 0 Å². The van der Waals surface area contributed by atoms with Gasteiger partial charge in [-0.1, -0.05) is 61.5 Å². The molecule has 0 spiro atoms. The number of carbonyl (C=O) groups excluding carboxylic acids is 1. The molecule has 3 aromatic carbocycles. The van der Waals surface area contributed by atoms with Crippen molar-refractivity contribution < 1.29 is 14.3 Å². The number of hydrogen-bond acceptors (Lipinski definition) is 4. The van der Waals surface area contributed by atoms with Gasteiger partial charge < -0.3 is 14.4 Å². The Labute approximate surface area is 210 Å². The van der Waals surface area contributed by atoms with Gasteiger partial charge in [0.25, 0.3) is 0 Å². The molecular formula is C31H37NO3. The normalized spacial score (nSPS) is 12.3. The SMILES string of the molecule is CC/C(=C(/c1ccc(OCCN(C)C)cc1)c1ccc(C(=O)OC(C)(C)C)cc1)c1ccccc1. The van der Waals surface area contributed by atoms with Crippen LogP contribution in [0, 0.1) is 0 Å². The van der Waals surface area contributed by atoms with E-state index in [1.165, 1.54) is 11.1 Å². The van der Waals surface area contributed by atoms with Crippen molar-refractivity contribution in [2.75, 3.05) is 27.2 Å². The summed E-state index contributed by atoms with van der Waals surface area (Å²) in [7, 11) is 4.07. The molecule has 3 aromatic rings. The standard InChI is InChI=1S/C31H37NO3/c1-7-28(23-11-9-8-10-12-23)29(25-17-19-27(20-18-25)34-22-21-32(5)6)24-13-15-26(16-14-24)30(33)35-31(2,3)4/h8-20H,7,21-22H2,1-6H3/b29-28-. The van der Waals surface area contributed by atoms with Crippen LogP contribution in [0.1, 0.15) is 61.2 Å². The lowest BCUT2D eigenvalue weighted by atomic mass is 9.88. The summed E-state index contributed by atoms with van der Waals surface area (Å²) in [5.74, 6) is 0.542. The highest BCUT2D eigenvalue weighted by molar-refractivity contribution is 5.99. The number of esters is 1. The quantitative estimate of drug-likeness (QED) is 0.250. The Hall–Kier alpha value is -3.37. The average Bonchev–Trinajstić information content (AvgIpc) is 2.82. The van der Waals surface area contributed by atoms with Crippen molar-refractivity contribution in [3.8, 4) is 5.75 Å². The maximum atomic E-state index is 12.5. The minimum atomic E-state index is -0.528. The molecule has 0 aromatic heterocycles. The maximum absolute atomic E-state index is 12.5. The smallest absolute Gasteiger partial charge is 0.338 e. The fourth-order valence-electron chi connectivity index (χ4n) is 3.85. The van der Waals surface area contributed by atoms with Gasteiger partial charge in [0, 0.05) is 6.54 Å². The number of allylic oxidation sites excluding steroid dienone is 1. The maximum Gasteiger partial charge on any atom is 0.338 e. The Bertz CT molecular complexity index is 1120. The van der Waals surface area contributed by atoms with Crippen molar-refractivity contribution >= 4 is 17.1 Å². The molecule has 0 unspecified atom stereocenters. The van der Waals surface area contributed by atoms with E-state index in [4.69, 9.17) is 9.47 Å². The van der Waals surface area contributed by atoms with Crippen molar-refractivity contribution in [2.45, 2.75) is 39.7 Å². The zero-order chi connectivity index (χ0) is 25.4. The summed E-state index contributed by atoms with van der Waals surface area (Å²) in [5.41, 5.74) is 5.76. The van der Waals surface area contributed by atoms with Crippen LogP contribution in [-0.2, 0) is 4.74 Å². The van der Waals surface area contributed by atoms with E-state index < -0.39 is 5.60 Å². The van der Waals surface area contributed by atoms with Crippen molar-refractivity contribution in [1.82, 2.24) is 4.90 Å². The Morgan fingerprint density at radius 3 is 1.83 bits per heavy atom. The van der Waals surface area contributed by atoms with Crippen LogP contribution in [0.15, 0.2) is 78.9 Å². The van der Waals surface area contributed by atoms with Gasteiger partial charge in [0.05, 0.1) is 5.56 Å². The van der Waals surface area contributed by atoms with Crippen LogP contribution in [0.2, 0.25) is 0 Å². The fraction of sp³-hybridized carbons (Fsp3) is 0.323. The van der Waals surface area contributed by atoms with Gasteiger partial charge in [-0.3, -0.25) is 0 Å². The molecule has 0 bridgehead atoms. The first-order valence-electron chi connectivity index (χ1n) is 12.2. The molecule has 0 saturated carbocycles. The van der Waals surface area contributed by atoms with E-state index in [0.717, 1.165) is 35.4 Å². The van der Waals surface area contributed by atoms with Crippen LogP contribution in [0.3, 0.4) is 0 Å². The molecule has 0 aliphatic heterocycles. The van der Waals surface area contributed by atoms with E-state index >= 15 is 0 Å². The second kappa shape index (κ2) is 11.9. The zero-order valence-corrected chi connectivity index (χ0v) is 21.8. The van der Waals surface area contributed by atoms with E-state index in [1.807, 2.05) is 77.3 Å². The number of nitrogens with zero attached hydrogens (tertiary/aromatic N) is 1. The molecule has 3 rings (SSSR count). The van der Waals surface area contributed by atoms with Gasteiger partial charge in [0.15, 0.2) is 0 Å². The molecular weight excluding hydrogens is 434 g/mol. The number of carbonyl (C=O) groups is 1. The third-order valence-electron chi connectivity index (χ3n) is 5.54. The molecule has 4 heteroatoms. The summed E-state index contributed by atoms with van der Waals surface area (Å²) in [4.78, 5) is 14.6. The summed E-state index contributed by atoms with van der Waals surface area (Å²) in [6, 6.07) is 26.4. The molecule has 0 amide bonds. The summed E-state index contributed by atoms with van der Waals surface area (Å²) < 4.78 is 11.4. The van der Waals surface area contributed by atoms with Crippen LogP contribution in [0.25, 0.3) is 11.1 Å². The molecule has 0 atom stereocenters. The fourth-order valence-corrected chi connectivity index (χ4v) is 3.85. The molecule has 0 saturated heterocycles. The van der Waals surface area contributed by atoms with Crippen molar-refractivity contribution in [2.24, 2.45) is 0 Å². The first kappa shape index (κ1) is 26.2. The van der Waals surface area contributed by atoms with Gasteiger partial charge in [-0.2, -0.15) is 0 Å². The molecule has 0 N–H and O–H groups in total. The minimum Gasteiger partial charge on any atom is -0.492 e. The second-order valence-corrected chi connectivity index (χ2v) is 9.83. The summed E-state index contributed by atoms with van der Waals surface area (Å²) in [6.45, 7) is 9.32. The highest BCUT2D eigenvalue weighted by atomic mass is 16.6. The second-order valence-electron chi connectivity index (χ2n) is 9.83. The average molecular weight is 472 g/mol. The number of hydrogen-bond donors (Lipinski definition) is 0. The molecule has 184 valence electrons. The van der Waals surface area contributed by atoms with E-state index in [1.54, 1.807) is 0 Å². The highest BCUT2D eigenvalue weighted by Crippen LogP contribution is 2.35. The van der Waals surface area contributed by atoms with Gasteiger partial charge in [0.1, 0.15) is 18.0 Å². The van der Waals surface area contributed by atoms with E-state index in [9.17, 15) is 4.79 Å². The van der Waals surface area contributed by atoms with E-state index in [0.29, 0.717) is 12.2 Å². The van der Waals surface area contributed by atoms with Gasteiger partial charge in [-0.05, 0) is 93.4 Å². The summed E-state index contributed by atoms with van der Waals surface area (Å²) in [6.07, 6.45) is 0.869. The van der Waals surface area contributed by atoms with Crippen LogP contribution in [0.4, 0.5) is 0 Å². The van der Waals surface area contributed by atoms with Gasteiger partial charge in [-0.15, -0.1) is 0 Å². The number of ether oxygens (including phenoxy) is 2. The molecule has 4 nitrogen and oxygen atoms in total. The topological polar surface area (TPSA) is 38.8 Å². The third kappa shape index (κ3) is 7.56. The molecule has 0 fully saturated rings. The first-order valence-corrected chi connectivity index (χ1v) is 12.2. The Morgan fingerprint density at radius 1 is 0.771 bits per heavy atom.